The summed E-state index contributed by atoms with van der Waals surface area (Å²) >= 11 is 12.9. The summed E-state index contributed by atoms with van der Waals surface area (Å²) in [6, 6.07) is 1.15. The number of nitrogens with zero attached hydrogens (tertiary/aromatic N) is 2. The topological polar surface area (TPSA) is 66.9 Å². The van der Waals surface area contributed by atoms with E-state index in [1.54, 1.807) is 0 Å². The van der Waals surface area contributed by atoms with Crippen molar-refractivity contribution in [2.24, 2.45) is 0 Å². The van der Waals surface area contributed by atoms with Gasteiger partial charge in [0.1, 0.15) is 11.0 Å². The van der Waals surface area contributed by atoms with Crippen LogP contribution in [0.5, 0.6) is 0 Å². The van der Waals surface area contributed by atoms with E-state index in [1.807, 2.05) is 0 Å². The van der Waals surface area contributed by atoms with Gasteiger partial charge in [0.05, 0.1) is 27.5 Å². The number of halogens is 2. The number of nitrogens with one attached hydrogen (secondary N) is 2. The molecule has 2 rings (SSSR count). The second-order valence-corrected chi connectivity index (χ2v) is 4.22. The maximum absolute atomic E-state index is 11.2. The van der Waals surface area contributed by atoms with Crippen LogP contribution in [0.2, 0.25) is 10.0 Å². The molecule has 0 fully saturated rings. The van der Waals surface area contributed by atoms with E-state index in [2.05, 4.69) is 19.4 Å². The number of hydrogen-bond acceptors (Lipinski definition) is 4. The highest BCUT2D eigenvalue weighted by Gasteiger charge is 2.15. The molecule has 1 aromatic carbocycles. The third-order valence-corrected chi connectivity index (χ3v) is 3.02. The van der Waals surface area contributed by atoms with Crippen molar-refractivity contribution in [2.45, 2.75) is 0 Å². The lowest BCUT2D eigenvalue weighted by Crippen LogP contribution is -2.24. The van der Waals surface area contributed by atoms with E-state index in [-0.39, 0.29) is 6.03 Å². The van der Waals surface area contributed by atoms with Crippen molar-refractivity contribution in [2.75, 3.05) is 12.4 Å². The number of aromatic nitrogens is 2. The molecule has 1 aromatic heterocycles. The molecule has 0 saturated carbocycles. The second-order valence-electron chi connectivity index (χ2n) is 2.88. The van der Waals surface area contributed by atoms with Crippen LogP contribution in [0.25, 0.3) is 11.0 Å². The molecule has 8 heteroatoms. The lowest BCUT2D eigenvalue weighted by atomic mass is 10.2. The molecule has 0 aliphatic carbocycles. The zero-order valence-electron chi connectivity index (χ0n) is 8.04. The van der Waals surface area contributed by atoms with Crippen molar-refractivity contribution in [1.82, 2.24) is 14.1 Å². The summed E-state index contributed by atoms with van der Waals surface area (Å²) in [6.45, 7) is 0. The molecule has 1 heterocycles. The normalized spacial score (nSPS) is 10.4. The Morgan fingerprint density at radius 2 is 2.00 bits per heavy atom. The van der Waals surface area contributed by atoms with E-state index < -0.39 is 0 Å². The summed E-state index contributed by atoms with van der Waals surface area (Å²) in [6.07, 6.45) is 0. The van der Waals surface area contributed by atoms with Crippen LogP contribution in [-0.2, 0) is 0 Å². The Bertz CT molecular complexity index is 556. The molecule has 0 radical (unpaired) electrons. The number of carbonyl (C=O) groups is 1. The Labute approximate surface area is 105 Å². The highest BCUT2D eigenvalue weighted by molar-refractivity contribution is 7.00. The van der Waals surface area contributed by atoms with Crippen LogP contribution in [0, 0.1) is 0 Å². The van der Waals surface area contributed by atoms with Gasteiger partial charge >= 0.3 is 6.03 Å². The first kappa shape index (κ1) is 11.4. The van der Waals surface area contributed by atoms with Crippen LogP contribution in [-0.4, -0.2) is 21.8 Å². The highest BCUT2D eigenvalue weighted by Crippen LogP contribution is 2.34. The number of benzene rings is 1. The molecule has 5 nitrogen and oxygen atoms in total. The fraction of sp³-hybridized carbons (Fsp3) is 0.125. The summed E-state index contributed by atoms with van der Waals surface area (Å²) in [5.74, 6) is 0. The van der Waals surface area contributed by atoms with Crippen molar-refractivity contribution in [3.8, 4) is 0 Å². The van der Waals surface area contributed by atoms with Crippen molar-refractivity contribution >= 4 is 57.7 Å². The van der Waals surface area contributed by atoms with E-state index in [0.717, 1.165) is 11.7 Å². The third-order valence-electron chi connectivity index (χ3n) is 1.91. The molecule has 0 unspecified atom stereocenters. The molecule has 0 saturated heterocycles. The summed E-state index contributed by atoms with van der Waals surface area (Å²) < 4.78 is 8.07. The lowest BCUT2D eigenvalue weighted by molar-refractivity contribution is 0.254. The smallest absolute Gasteiger partial charge is 0.319 e. The molecule has 0 aliphatic heterocycles. The third kappa shape index (κ3) is 1.91. The van der Waals surface area contributed by atoms with Gasteiger partial charge in [0.2, 0.25) is 0 Å². The number of hydrogen-bond donors (Lipinski definition) is 2. The molecule has 16 heavy (non-hydrogen) atoms. The fourth-order valence-corrected chi connectivity index (χ4v) is 2.33. The van der Waals surface area contributed by atoms with Gasteiger partial charge in [-0.3, -0.25) is 0 Å². The van der Waals surface area contributed by atoms with Crippen LogP contribution >= 0.6 is 34.9 Å². The number of urea groups is 1. The number of rotatable bonds is 1. The Morgan fingerprint density at radius 3 is 2.69 bits per heavy atom. The van der Waals surface area contributed by atoms with Gasteiger partial charge in [-0.05, 0) is 6.07 Å². The Hall–Kier alpha value is -1.11. The molecular weight excluding hydrogens is 271 g/mol. The first-order valence-corrected chi connectivity index (χ1v) is 5.71. The van der Waals surface area contributed by atoms with Crippen LogP contribution in [0.3, 0.4) is 0 Å². The van der Waals surface area contributed by atoms with E-state index in [1.165, 1.54) is 13.1 Å². The van der Waals surface area contributed by atoms with Gasteiger partial charge in [-0.1, -0.05) is 23.2 Å². The largest absolute Gasteiger partial charge is 0.341 e. The van der Waals surface area contributed by atoms with E-state index in [9.17, 15) is 4.79 Å². The maximum Gasteiger partial charge on any atom is 0.319 e. The maximum atomic E-state index is 11.2. The number of fused-ring (bicyclic) bond motifs is 1. The highest BCUT2D eigenvalue weighted by atomic mass is 35.5. The van der Waals surface area contributed by atoms with Crippen LogP contribution in [0.4, 0.5) is 10.5 Å². The van der Waals surface area contributed by atoms with Crippen molar-refractivity contribution in [1.29, 1.82) is 0 Å². The van der Waals surface area contributed by atoms with E-state index in [0.29, 0.717) is 26.8 Å². The summed E-state index contributed by atoms with van der Waals surface area (Å²) in [4.78, 5) is 11.2. The van der Waals surface area contributed by atoms with Gasteiger partial charge in [0.25, 0.3) is 0 Å². The predicted molar refractivity (Wildman–Crippen MR) is 65.5 cm³/mol. The van der Waals surface area contributed by atoms with Crippen LogP contribution < -0.4 is 10.6 Å². The predicted octanol–water partition coefficient (Wildman–Crippen LogP) is 2.75. The second kappa shape index (κ2) is 4.40. The van der Waals surface area contributed by atoms with E-state index in [4.69, 9.17) is 23.2 Å². The average Bonchev–Trinajstić information content (AvgIpc) is 2.73. The first-order valence-electron chi connectivity index (χ1n) is 4.22. The molecule has 0 atom stereocenters. The SMILES string of the molecule is CNC(=O)Nc1c(Cl)cc(Cl)c2nsnc12. The minimum absolute atomic E-state index is 0.328. The molecule has 0 bridgehead atoms. The first-order chi connectivity index (χ1) is 7.63. The molecule has 2 N–H and O–H groups in total. The number of anilines is 1. The molecule has 0 spiro atoms. The molecule has 0 aliphatic rings. The fourth-order valence-electron chi connectivity index (χ4n) is 1.17. The van der Waals surface area contributed by atoms with Crippen molar-refractivity contribution < 1.29 is 4.79 Å². The quantitative estimate of drug-likeness (QED) is 0.842. The number of carbonyl (C=O) groups excluding carboxylic acids is 1. The Balaban J connectivity index is 2.59. The molecule has 2 amide bonds. The van der Waals surface area contributed by atoms with Gasteiger partial charge < -0.3 is 10.6 Å². The van der Waals surface area contributed by atoms with Gasteiger partial charge in [-0.25, -0.2) is 4.79 Å². The zero-order chi connectivity index (χ0) is 11.7. The number of amides is 2. The monoisotopic (exact) mass is 276 g/mol. The molecule has 2 aromatic rings. The van der Waals surface area contributed by atoms with Crippen molar-refractivity contribution in [3.63, 3.8) is 0 Å². The minimum atomic E-state index is -0.376. The van der Waals surface area contributed by atoms with E-state index >= 15 is 0 Å². The van der Waals surface area contributed by atoms with Gasteiger partial charge in [-0.2, -0.15) is 8.75 Å². The zero-order valence-corrected chi connectivity index (χ0v) is 10.4. The Kier molecular flexibility index (Phi) is 3.13. The Morgan fingerprint density at radius 1 is 1.31 bits per heavy atom. The average molecular weight is 277 g/mol. The minimum Gasteiger partial charge on any atom is -0.341 e. The van der Waals surface area contributed by atoms with Gasteiger partial charge in [-0.15, -0.1) is 0 Å². The van der Waals surface area contributed by atoms with Crippen LogP contribution in [0.15, 0.2) is 6.07 Å². The molecular formula is C8H6Cl2N4OS. The standard InChI is InChI=1S/C8H6Cl2N4OS/c1-11-8(15)12-5-3(9)2-4(10)6-7(5)14-16-13-6/h2H,1H3,(H2,11,12,15). The van der Waals surface area contributed by atoms with Crippen LogP contribution in [0.1, 0.15) is 0 Å². The van der Waals surface area contributed by atoms with Gasteiger partial charge in [0, 0.05) is 7.05 Å². The molecule has 84 valence electrons. The summed E-state index contributed by atoms with van der Waals surface area (Å²) in [5, 5.41) is 5.75. The van der Waals surface area contributed by atoms with Gasteiger partial charge in [0.15, 0.2) is 0 Å². The summed E-state index contributed by atoms with van der Waals surface area (Å²) in [5.41, 5.74) is 1.43. The van der Waals surface area contributed by atoms with Crippen molar-refractivity contribution in [3.05, 3.63) is 16.1 Å². The lowest BCUT2D eigenvalue weighted by Gasteiger charge is -2.07. The summed E-state index contributed by atoms with van der Waals surface area (Å²) in [7, 11) is 1.51.